The zero-order valence-electron chi connectivity index (χ0n) is 14.9. The van der Waals surface area contributed by atoms with Crippen LogP contribution in [0, 0.1) is 0 Å². The quantitative estimate of drug-likeness (QED) is 0.504. The molecule has 0 spiro atoms. The number of carbonyl (C=O) groups is 1. The van der Waals surface area contributed by atoms with Crippen LogP contribution in [-0.2, 0) is 4.74 Å². The van der Waals surface area contributed by atoms with Gasteiger partial charge in [0.15, 0.2) is 11.5 Å². The Morgan fingerprint density at radius 1 is 1.08 bits per heavy atom. The molecule has 6 nitrogen and oxygen atoms in total. The number of rotatable bonds is 7. The van der Waals surface area contributed by atoms with Gasteiger partial charge < -0.3 is 14.8 Å². The number of aromatic nitrogens is 2. The smallest absolute Gasteiger partial charge is 0.360 e. The molecule has 1 N–H and O–H groups in total. The van der Waals surface area contributed by atoms with E-state index in [1.165, 1.54) is 0 Å². The molecule has 26 heavy (non-hydrogen) atoms. The summed E-state index contributed by atoms with van der Waals surface area (Å²) in [5.41, 5.74) is 2.26. The van der Waals surface area contributed by atoms with Gasteiger partial charge in [-0.25, -0.2) is 14.8 Å². The van der Waals surface area contributed by atoms with Gasteiger partial charge in [-0.2, -0.15) is 0 Å². The lowest BCUT2D eigenvalue weighted by Crippen LogP contribution is -2.13. The van der Waals surface area contributed by atoms with Crippen LogP contribution in [0.5, 0.6) is 5.75 Å². The van der Waals surface area contributed by atoms with E-state index >= 15 is 0 Å². The lowest BCUT2D eigenvalue weighted by Gasteiger charge is -2.12. The molecule has 0 aliphatic heterocycles. The molecule has 134 valence electrons. The highest BCUT2D eigenvalue weighted by Gasteiger charge is 2.18. The summed E-state index contributed by atoms with van der Waals surface area (Å²) in [6, 6.07) is 14.8. The fraction of sp³-hybridized carbons (Fsp3) is 0.250. The van der Waals surface area contributed by atoms with Crippen molar-refractivity contribution in [2.24, 2.45) is 0 Å². The molecule has 0 unspecified atom stereocenters. The molecule has 2 aromatic carbocycles. The first kappa shape index (κ1) is 17.7. The van der Waals surface area contributed by atoms with Crippen molar-refractivity contribution in [3.63, 3.8) is 0 Å². The monoisotopic (exact) mass is 351 g/mol. The van der Waals surface area contributed by atoms with Gasteiger partial charge in [-0.05, 0) is 30.7 Å². The first-order valence-corrected chi connectivity index (χ1v) is 8.56. The fourth-order valence-electron chi connectivity index (χ4n) is 2.44. The van der Waals surface area contributed by atoms with Crippen LogP contribution >= 0.6 is 0 Å². The molecule has 0 amide bonds. The Kier molecular flexibility index (Phi) is 5.63. The molecule has 0 atom stereocenters. The van der Waals surface area contributed by atoms with Crippen molar-refractivity contribution < 1.29 is 14.3 Å². The first-order valence-electron chi connectivity index (χ1n) is 8.56. The SMILES string of the molecule is CCCCOC(=O)c1nc2ccccc2nc1Nc1cccc(OC)c1. The highest BCUT2D eigenvalue weighted by atomic mass is 16.5. The predicted octanol–water partition coefficient (Wildman–Crippen LogP) is 4.34. The third-order valence-electron chi connectivity index (χ3n) is 3.83. The van der Waals surface area contributed by atoms with Gasteiger partial charge in [0, 0.05) is 11.8 Å². The molecule has 0 saturated carbocycles. The number of benzene rings is 2. The van der Waals surface area contributed by atoms with Crippen LogP contribution in [0.1, 0.15) is 30.3 Å². The van der Waals surface area contributed by atoms with Crippen LogP contribution in [-0.4, -0.2) is 29.7 Å². The first-order chi connectivity index (χ1) is 12.7. The number of hydrogen-bond donors (Lipinski definition) is 1. The number of anilines is 2. The number of esters is 1. The zero-order valence-corrected chi connectivity index (χ0v) is 14.9. The molecule has 1 heterocycles. The van der Waals surface area contributed by atoms with Crippen molar-refractivity contribution >= 4 is 28.5 Å². The Bertz CT molecular complexity index is 912. The maximum atomic E-state index is 12.5. The van der Waals surface area contributed by atoms with Crippen molar-refractivity contribution in [1.82, 2.24) is 9.97 Å². The highest BCUT2D eigenvalue weighted by Crippen LogP contribution is 2.24. The molecule has 0 fully saturated rings. The Morgan fingerprint density at radius 3 is 2.58 bits per heavy atom. The average molecular weight is 351 g/mol. The van der Waals surface area contributed by atoms with E-state index in [-0.39, 0.29) is 5.69 Å². The Hall–Kier alpha value is -3.15. The maximum Gasteiger partial charge on any atom is 0.360 e. The second-order valence-electron chi connectivity index (χ2n) is 5.76. The third kappa shape index (κ3) is 4.08. The number of fused-ring (bicyclic) bond motifs is 1. The molecule has 0 saturated heterocycles. The highest BCUT2D eigenvalue weighted by molar-refractivity contribution is 5.96. The van der Waals surface area contributed by atoms with Crippen LogP contribution in [0.3, 0.4) is 0 Å². The Labute approximate surface area is 152 Å². The number of para-hydroxylation sites is 2. The third-order valence-corrected chi connectivity index (χ3v) is 3.83. The standard InChI is InChI=1S/C20H21N3O3/c1-3-4-12-26-20(24)18-19(21-14-8-7-9-15(13-14)25-2)23-17-11-6-5-10-16(17)22-18/h5-11,13H,3-4,12H2,1-2H3,(H,21,23). The van der Waals surface area contributed by atoms with Crippen molar-refractivity contribution in [3.05, 3.63) is 54.2 Å². The van der Waals surface area contributed by atoms with E-state index in [9.17, 15) is 4.79 Å². The molecule has 0 bridgehead atoms. The summed E-state index contributed by atoms with van der Waals surface area (Å²) < 4.78 is 10.6. The van der Waals surface area contributed by atoms with Crippen molar-refractivity contribution in [2.45, 2.75) is 19.8 Å². The zero-order chi connectivity index (χ0) is 18.4. The normalized spacial score (nSPS) is 10.5. The number of ether oxygens (including phenoxy) is 2. The number of carbonyl (C=O) groups excluding carboxylic acids is 1. The van der Waals surface area contributed by atoms with Crippen LogP contribution in [0.4, 0.5) is 11.5 Å². The van der Waals surface area contributed by atoms with Gasteiger partial charge >= 0.3 is 5.97 Å². The fourth-order valence-corrected chi connectivity index (χ4v) is 2.44. The summed E-state index contributed by atoms with van der Waals surface area (Å²) in [6.45, 7) is 2.40. The van der Waals surface area contributed by atoms with Crippen molar-refractivity contribution in [1.29, 1.82) is 0 Å². The molecule has 6 heteroatoms. The average Bonchev–Trinajstić information content (AvgIpc) is 2.67. The van der Waals surface area contributed by atoms with Crippen molar-refractivity contribution in [3.8, 4) is 5.75 Å². The topological polar surface area (TPSA) is 73.3 Å². The van der Waals surface area contributed by atoms with E-state index in [0.717, 1.165) is 18.5 Å². The molecule has 1 aromatic heterocycles. The number of hydrogen-bond acceptors (Lipinski definition) is 6. The summed E-state index contributed by atoms with van der Waals surface area (Å²) in [4.78, 5) is 21.5. The summed E-state index contributed by atoms with van der Waals surface area (Å²) >= 11 is 0. The van der Waals surface area contributed by atoms with E-state index < -0.39 is 5.97 Å². The summed E-state index contributed by atoms with van der Waals surface area (Å²) in [5, 5.41) is 3.16. The number of methoxy groups -OCH3 is 1. The Morgan fingerprint density at radius 2 is 1.85 bits per heavy atom. The van der Waals surface area contributed by atoms with E-state index in [0.29, 0.717) is 29.2 Å². The summed E-state index contributed by atoms with van der Waals surface area (Å²) in [6.07, 6.45) is 1.76. The number of unbranched alkanes of at least 4 members (excludes halogenated alkanes) is 1. The summed E-state index contributed by atoms with van der Waals surface area (Å²) in [7, 11) is 1.60. The molecular weight excluding hydrogens is 330 g/mol. The van der Waals surface area contributed by atoms with E-state index in [1.807, 2.05) is 55.5 Å². The molecule has 0 aliphatic rings. The van der Waals surface area contributed by atoms with E-state index in [2.05, 4.69) is 15.3 Å². The minimum atomic E-state index is -0.484. The maximum absolute atomic E-state index is 12.5. The lowest BCUT2D eigenvalue weighted by atomic mass is 10.2. The van der Waals surface area contributed by atoms with Gasteiger partial charge in [0.1, 0.15) is 5.75 Å². The molecule has 0 aliphatic carbocycles. The van der Waals surface area contributed by atoms with Gasteiger partial charge in [0.05, 0.1) is 24.8 Å². The van der Waals surface area contributed by atoms with Gasteiger partial charge in [-0.15, -0.1) is 0 Å². The van der Waals surface area contributed by atoms with Crippen molar-refractivity contribution in [2.75, 3.05) is 19.0 Å². The van der Waals surface area contributed by atoms with Crippen LogP contribution in [0.2, 0.25) is 0 Å². The number of nitrogens with zero attached hydrogens (tertiary/aromatic N) is 2. The lowest BCUT2D eigenvalue weighted by molar-refractivity contribution is 0.0494. The largest absolute Gasteiger partial charge is 0.497 e. The van der Waals surface area contributed by atoms with Gasteiger partial charge in [0.2, 0.25) is 0 Å². The summed E-state index contributed by atoms with van der Waals surface area (Å²) in [5.74, 6) is 0.580. The van der Waals surface area contributed by atoms with Gasteiger partial charge in [-0.1, -0.05) is 31.5 Å². The minimum absolute atomic E-state index is 0.169. The second-order valence-corrected chi connectivity index (χ2v) is 5.76. The molecule has 3 rings (SSSR count). The van der Waals surface area contributed by atoms with E-state index in [1.54, 1.807) is 7.11 Å². The molecular formula is C20H21N3O3. The Balaban J connectivity index is 1.97. The predicted molar refractivity (Wildman–Crippen MR) is 101 cm³/mol. The second kappa shape index (κ2) is 8.29. The van der Waals surface area contributed by atoms with Crippen LogP contribution < -0.4 is 10.1 Å². The van der Waals surface area contributed by atoms with E-state index in [4.69, 9.17) is 9.47 Å². The molecule has 3 aromatic rings. The van der Waals surface area contributed by atoms with Crippen LogP contribution in [0.15, 0.2) is 48.5 Å². The molecule has 0 radical (unpaired) electrons. The van der Waals surface area contributed by atoms with Gasteiger partial charge in [-0.3, -0.25) is 0 Å². The minimum Gasteiger partial charge on any atom is -0.497 e. The number of nitrogens with one attached hydrogen (secondary N) is 1. The van der Waals surface area contributed by atoms with Gasteiger partial charge in [0.25, 0.3) is 0 Å². The van der Waals surface area contributed by atoms with Crippen LogP contribution in [0.25, 0.3) is 11.0 Å².